The first kappa shape index (κ1) is 22.5. The molecule has 33 heavy (non-hydrogen) atoms. The Labute approximate surface area is 192 Å². The minimum atomic E-state index is -3.93. The number of rotatable bonds is 6. The van der Waals surface area contributed by atoms with Crippen LogP contribution < -0.4 is 14.5 Å². The van der Waals surface area contributed by atoms with Gasteiger partial charge in [0.05, 0.1) is 16.1 Å². The van der Waals surface area contributed by atoms with Gasteiger partial charge in [-0.25, -0.2) is 23.2 Å². The summed E-state index contributed by atoms with van der Waals surface area (Å²) in [7, 11) is -3.93. The van der Waals surface area contributed by atoms with Gasteiger partial charge in [0.1, 0.15) is 0 Å². The Morgan fingerprint density at radius 1 is 0.970 bits per heavy atom. The molecule has 3 aromatic rings. The first-order valence-electron chi connectivity index (χ1n) is 10.6. The number of aromatic nitrogens is 2. The first-order chi connectivity index (χ1) is 15.8. The van der Waals surface area contributed by atoms with E-state index in [9.17, 15) is 18.3 Å². The largest absolute Gasteiger partial charge is 0.478 e. The number of nitrogens with zero attached hydrogens (tertiary/aromatic N) is 4. The summed E-state index contributed by atoms with van der Waals surface area (Å²) < 4.78 is 28.2. The highest BCUT2D eigenvalue weighted by molar-refractivity contribution is 7.92. The van der Waals surface area contributed by atoms with E-state index in [0.29, 0.717) is 24.6 Å². The molecule has 2 aromatic carbocycles. The molecular formula is C23H25N5O4S. The molecule has 4 rings (SSSR count). The lowest BCUT2D eigenvalue weighted by Crippen LogP contribution is -2.31. The maximum atomic E-state index is 12.9. The van der Waals surface area contributed by atoms with Crippen LogP contribution in [0.1, 0.15) is 22.3 Å². The summed E-state index contributed by atoms with van der Waals surface area (Å²) in [5.74, 6) is -0.528. The van der Waals surface area contributed by atoms with Crippen molar-refractivity contribution in [3.8, 4) is 0 Å². The first-order valence-corrected chi connectivity index (χ1v) is 12.1. The van der Waals surface area contributed by atoms with Gasteiger partial charge in [0, 0.05) is 44.3 Å². The molecule has 10 heteroatoms. The number of aromatic carboxylic acids is 1. The number of carboxylic acid groups (broad SMARTS) is 1. The normalized spacial score (nSPS) is 14.6. The number of hydrogen-bond acceptors (Lipinski definition) is 7. The Bertz CT molecular complexity index is 1250. The molecular weight excluding hydrogens is 442 g/mol. The molecule has 0 radical (unpaired) electrons. The summed E-state index contributed by atoms with van der Waals surface area (Å²) in [4.78, 5) is 24.9. The number of sulfonamides is 1. The van der Waals surface area contributed by atoms with Gasteiger partial charge in [-0.15, -0.1) is 0 Å². The summed E-state index contributed by atoms with van der Waals surface area (Å²) in [6.45, 7) is 4.57. The molecule has 0 amide bonds. The molecule has 0 atom stereocenters. The SMILES string of the molecule is Cc1ccccc1S(=O)(=O)Nc1ccc(N2CCCN(c3ncccn3)CC2)cc1C(=O)O. The maximum absolute atomic E-state index is 12.9. The van der Waals surface area contributed by atoms with Gasteiger partial charge in [0.15, 0.2) is 0 Å². The van der Waals surface area contributed by atoms with Crippen LogP contribution in [0.25, 0.3) is 0 Å². The highest BCUT2D eigenvalue weighted by Gasteiger charge is 2.22. The third-order valence-corrected chi connectivity index (χ3v) is 7.08. The minimum Gasteiger partial charge on any atom is -0.478 e. The smallest absolute Gasteiger partial charge is 0.337 e. The summed E-state index contributed by atoms with van der Waals surface area (Å²) in [5, 5.41) is 9.78. The van der Waals surface area contributed by atoms with Gasteiger partial charge in [-0.1, -0.05) is 18.2 Å². The number of benzene rings is 2. The molecule has 1 aliphatic rings. The van der Waals surface area contributed by atoms with Crippen molar-refractivity contribution >= 4 is 33.3 Å². The van der Waals surface area contributed by atoms with E-state index >= 15 is 0 Å². The Kier molecular flexibility index (Phi) is 6.45. The van der Waals surface area contributed by atoms with Crippen molar-refractivity contribution in [2.75, 3.05) is 40.7 Å². The zero-order chi connectivity index (χ0) is 23.4. The standard InChI is InChI=1S/C23H25N5O4S/c1-17-6-2-3-7-21(17)33(31,32)26-20-9-8-18(16-19(20)22(29)30)27-12-5-13-28(15-14-27)23-24-10-4-11-25-23/h2-4,6-11,16,26H,5,12-15H2,1H3,(H,29,30). The number of carboxylic acids is 1. The Morgan fingerprint density at radius 3 is 2.39 bits per heavy atom. The Hall–Kier alpha value is -3.66. The van der Waals surface area contributed by atoms with Crippen molar-refractivity contribution in [1.29, 1.82) is 0 Å². The van der Waals surface area contributed by atoms with Gasteiger partial charge >= 0.3 is 5.97 Å². The zero-order valence-corrected chi connectivity index (χ0v) is 19.0. The van der Waals surface area contributed by atoms with Crippen LogP contribution in [0.5, 0.6) is 0 Å². The van der Waals surface area contributed by atoms with E-state index in [1.54, 1.807) is 49.6 Å². The van der Waals surface area contributed by atoms with E-state index in [4.69, 9.17) is 0 Å². The lowest BCUT2D eigenvalue weighted by molar-refractivity contribution is 0.0698. The summed E-state index contributed by atoms with van der Waals surface area (Å²) >= 11 is 0. The van der Waals surface area contributed by atoms with Gasteiger partial charge in [0.2, 0.25) is 5.95 Å². The number of nitrogens with one attached hydrogen (secondary N) is 1. The van der Waals surface area contributed by atoms with Crippen molar-refractivity contribution in [3.63, 3.8) is 0 Å². The van der Waals surface area contributed by atoms with Crippen LogP contribution in [0, 0.1) is 6.92 Å². The van der Waals surface area contributed by atoms with Gasteiger partial charge < -0.3 is 14.9 Å². The lowest BCUT2D eigenvalue weighted by Gasteiger charge is -2.24. The van der Waals surface area contributed by atoms with Gasteiger partial charge in [-0.05, 0) is 49.2 Å². The minimum absolute atomic E-state index is 0.0311. The second-order valence-electron chi connectivity index (χ2n) is 7.78. The van der Waals surface area contributed by atoms with Crippen LogP contribution in [-0.2, 0) is 10.0 Å². The van der Waals surface area contributed by atoms with E-state index in [1.807, 2.05) is 0 Å². The molecule has 1 aliphatic heterocycles. The molecule has 2 heterocycles. The van der Waals surface area contributed by atoms with Crippen molar-refractivity contribution in [2.24, 2.45) is 0 Å². The summed E-state index contributed by atoms with van der Waals surface area (Å²) in [6.07, 6.45) is 4.27. The molecule has 0 aliphatic carbocycles. The van der Waals surface area contributed by atoms with Crippen LogP contribution in [0.3, 0.4) is 0 Å². The molecule has 0 bridgehead atoms. The maximum Gasteiger partial charge on any atom is 0.337 e. The molecule has 0 unspecified atom stereocenters. The third kappa shape index (κ3) is 5.06. The fourth-order valence-corrected chi connectivity index (χ4v) is 5.21. The van der Waals surface area contributed by atoms with E-state index in [0.717, 1.165) is 25.2 Å². The fraction of sp³-hybridized carbons (Fsp3) is 0.261. The van der Waals surface area contributed by atoms with E-state index in [1.165, 1.54) is 18.2 Å². The van der Waals surface area contributed by atoms with Gasteiger partial charge in [-0.3, -0.25) is 4.72 Å². The second kappa shape index (κ2) is 9.45. The van der Waals surface area contributed by atoms with Gasteiger partial charge in [0.25, 0.3) is 10.0 Å². The van der Waals surface area contributed by atoms with E-state index in [-0.39, 0.29) is 16.1 Å². The topological polar surface area (TPSA) is 116 Å². The predicted molar refractivity (Wildman–Crippen MR) is 126 cm³/mol. The van der Waals surface area contributed by atoms with Crippen LogP contribution in [0.15, 0.2) is 65.8 Å². The highest BCUT2D eigenvalue weighted by atomic mass is 32.2. The molecule has 172 valence electrons. The van der Waals surface area contributed by atoms with Crippen LogP contribution in [-0.4, -0.2) is 55.6 Å². The fourth-order valence-electron chi connectivity index (χ4n) is 3.88. The molecule has 1 aromatic heterocycles. The van der Waals surface area contributed by atoms with Crippen molar-refractivity contribution in [1.82, 2.24) is 9.97 Å². The third-order valence-electron chi connectivity index (χ3n) is 5.56. The quantitative estimate of drug-likeness (QED) is 0.568. The monoisotopic (exact) mass is 467 g/mol. The number of aryl methyl sites for hydroxylation is 1. The molecule has 1 saturated heterocycles. The van der Waals surface area contributed by atoms with Crippen LogP contribution in [0.2, 0.25) is 0 Å². The Morgan fingerprint density at radius 2 is 1.67 bits per heavy atom. The lowest BCUT2D eigenvalue weighted by atomic mass is 10.1. The average Bonchev–Trinajstić information content (AvgIpc) is 3.06. The molecule has 9 nitrogen and oxygen atoms in total. The van der Waals surface area contributed by atoms with Crippen LogP contribution in [0.4, 0.5) is 17.3 Å². The van der Waals surface area contributed by atoms with E-state index < -0.39 is 16.0 Å². The second-order valence-corrected chi connectivity index (χ2v) is 9.43. The molecule has 1 fully saturated rings. The number of carbonyl (C=O) groups is 1. The molecule has 2 N–H and O–H groups in total. The molecule has 0 spiro atoms. The van der Waals surface area contributed by atoms with Crippen molar-refractivity contribution in [2.45, 2.75) is 18.2 Å². The summed E-state index contributed by atoms with van der Waals surface area (Å²) in [5.41, 5.74) is 1.23. The van der Waals surface area contributed by atoms with Crippen LogP contribution >= 0.6 is 0 Å². The van der Waals surface area contributed by atoms with Gasteiger partial charge in [-0.2, -0.15) is 0 Å². The molecule has 0 saturated carbocycles. The van der Waals surface area contributed by atoms with Crippen molar-refractivity contribution < 1.29 is 18.3 Å². The number of hydrogen-bond donors (Lipinski definition) is 2. The van der Waals surface area contributed by atoms with E-state index in [2.05, 4.69) is 24.5 Å². The number of anilines is 3. The summed E-state index contributed by atoms with van der Waals surface area (Å²) in [6, 6.07) is 13.1. The average molecular weight is 468 g/mol. The predicted octanol–water partition coefficient (Wildman–Crippen LogP) is 3.00. The Balaban J connectivity index is 1.56. The zero-order valence-electron chi connectivity index (χ0n) is 18.2. The van der Waals surface area contributed by atoms with Crippen molar-refractivity contribution in [3.05, 3.63) is 72.1 Å². The highest BCUT2D eigenvalue weighted by Crippen LogP contribution is 2.27.